The van der Waals surface area contributed by atoms with Crippen LogP contribution >= 0.6 is 0 Å². The fraction of sp³-hybridized carbons (Fsp3) is 0.900. The summed E-state index contributed by atoms with van der Waals surface area (Å²) in [6.45, 7) is 7.31. The Morgan fingerprint density at radius 3 is 2.64 bits per heavy atom. The first-order valence-corrected chi connectivity index (χ1v) is 4.87. The molecule has 0 aliphatic heterocycles. The van der Waals surface area contributed by atoms with Gasteiger partial charge in [-0.25, -0.2) is 0 Å². The number of nitrogens with zero attached hydrogens (tertiary/aromatic N) is 1. The van der Waals surface area contributed by atoms with Crippen LogP contribution in [0.2, 0.25) is 0 Å². The van der Waals surface area contributed by atoms with Gasteiger partial charge >= 0.3 is 0 Å². The van der Waals surface area contributed by atoms with Gasteiger partial charge in [0.1, 0.15) is 5.54 Å². The van der Waals surface area contributed by atoms with Crippen LogP contribution in [0.25, 0.3) is 0 Å². The second-order valence-corrected chi connectivity index (χ2v) is 3.47. The Balaban J connectivity index is 3.75. The predicted molar refractivity (Wildman–Crippen MR) is 55.0 cm³/mol. The fourth-order valence-electron chi connectivity index (χ4n) is 0.801. The predicted octanol–water partition coefficient (Wildman–Crippen LogP) is 0.930. The highest BCUT2D eigenvalue weighted by molar-refractivity contribution is 5.03. The lowest BCUT2D eigenvalue weighted by atomic mass is 10.1. The Kier molecular flexibility index (Phi) is 6.46. The zero-order valence-electron chi connectivity index (χ0n) is 9.46. The summed E-state index contributed by atoms with van der Waals surface area (Å²) >= 11 is 0. The summed E-state index contributed by atoms with van der Waals surface area (Å²) in [5.41, 5.74) is -0.611. The van der Waals surface area contributed by atoms with Gasteiger partial charge in [-0.2, -0.15) is 5.26 Å². The van der Waals surface area contributed by atoms with Gasteiger partial charge in [0.25, 0.3) is 0 Å². The maximum atomic E-state index is 8.85. The van der Waals surface area contributed by atoms with Crippen LogP contribution in [0.5, 0.6) is 0 Å². The van der Waals surface area contributed by atoms with Crippen LogP contribution in [0.4, 0.5) is 0 Å². The van der Waals surface area contributed by atoms with Gasteiger partial charge < -0.3 is 14.8 Å². The van der Waals surface area contributed by atoms with Gasteiger partial charge in [0.15, 0.2) is 0 Å². The zero-order chi connectivity index (χ0) is 11.0. The summed E-state index contributed by atoms with van der Waals surface area (Å²) in [6.07, 6.45) is 0.0241. The van der Waals surface area contributed by atoms with E-state index in [9.17, 15) is 0 Å². The van der Waals surface area contributed by atoms with Gasteiger partial charge in [-0.15, -0.1) is 0 Å². The van der Waals surface area contributed by atoms with Crippen molar-refractivity contribution in [1.82, 2.24) is 5.32 Å². The van der Waals surface area contributed by atoms with Crippen molar-refractivity contribution in [3.63, 3.8) is 0 Å². The first kappa shape index (κ1) is 13.4. The van der Waals surface area contributed by atoms with Gasteiger partial charge in [0.2, 0.25) is 0 Å². The van der Waals surface area contributed by atoms with Crippen molar-refractivity contribution in [2.75, 3.05) is 26.9 Å². The van der Waals surface area contributed by atoms with Crippen LogP contribution in [0, 0.1) is 11.3 Å². The maximum absolute atomic E-state index is 8.85. The SMILES string of the molecule is CCOCC(C)OCC(C)(C#N)NC. The molecular weight excluding hydrogens is 180 g/mol. The molecule has 82 valence electrons. The Morgan fingerprint density at radius 1 is 1.57 bits per heavy atom. The molecule has 2 atom stereocenters. The van der Waals surface area contributed by atoms with E-state index >= 15 is 0 Å². The Labute approximate surface area is 86.2 Å². The average molecular weight is 200 g/mol. The van der Waals surface area contributed by atoms with E-state index in [-0.39, 0.29) is 6.10 Å². The van der Waals surface area contributed by atoms with Crippen molar-refractivity contribution in [1.29, 1.82) is 5.26 Å². The summed E-state index contributed by atoms with van der Waals surface area (Å²) < 4.78 is 10.7. The molecular formula is C10H20N2O2. The van der Waals surface area contributed by atoms with Gasteiger partial charge in [0, 0.05) is 6.61 Å². The molecule has 0 saturated heterocycles. The van der Waals surface area contributed by atoms with Gasteiger partial charge in [-0.05, 0) is 27.8 Å². The van der Waals surface area contributed by atoms with Crippen LogP contribution in [0.3, 0.4) is 0 Å². The number of likely N-dealkylation sites (N-methyl/N-ethyl adjacent to an activating group) is 1. The molecule has 0 aliphatic rings. The molecule has 2 unspecified atom stereocenters. The lowest BCUT2D eigenvalue weighted by Gasteiger charge is -2.23. The Bertz CT molecular complexity index is 191. The largest absolute Gasteiger partial charge is 0.379 e. The molecule has 0 aromatic carbocycles. The second kappa shape index (κ2) is 6.77. The van der Waals surface area contributed by atoms with Crippen molar-refractivity contribution in [2.24, 2.45) is 0 Å². The molecule has 0 aliphatic carbocycles. The maximum Gasteiger partial charge on any atom is 0.127 e. The summed E-state index contributed by atoms with van der Waals surface area (Å²) in [5, 5.41) is 11.8. The summed E-state index contributed by atoms with van der Waals surface area (Å²) in [5.74, 6) is 0. The first-order valence-electron chi connectivity index (χ1n) is 4.87. The minimum absolute atomic E-state index is 0.0241. The van der Waals surface area contributed by atoms with E-state index in [1.807, 2.05) is 13.8 Å². The standard InChI is InChI=1S/C10H20N2O2/c1-5-13-6-9(2)14-8-10(3,7-11)12-4/h9,12H,5-6,8H2,1-4H3. The molecule has 0 radical (unpaired) electrons. The topological polar surface area (TPSA) is 54.3 Å². The number of rotatable bonds is 7. The molecule has 14 heavy (non-hydrogen) atoms. The molecule has 0 aromatic rings. The highest BCUT2D eigenvalue weighted by Crippen LogP contribution is 2.04. The number of nitriles is 1. The molecule has 0 bridgehead atoms. The molecule has 0 spiro atoms. The fourth-order valence-corrected chi connectivity index (χ4v) is 0.801. The average Bonchev–Trinajstić information content (AvgIpc) is 2.23. The molecule has 0 aromatic heterocycles. The molecule has 0 fully saturated rings. The lowest BCUT2D eigenvalue weighted by Crippen LogP contribution is -2.43. The van der Waals surface area contributed by atoms with Crippen LogP contribution in [0.1, 0.15) is 20.8 Å². The molecule has 1 N–H and O–H groups in total. The van der Waals surface area contributed by atoms with E-state index in [0.29, 0.717) is 19.8 Å². The third-order valence-electron chi connectivity index (χ3n) is 2.01. The van der Waals surface area contributed by atoms with Crippen molar-refractivity contribution < 1.29 is 9.47 Å². The minimum Gasteiger partial charge on any atom is -0.379 e. The van der Waals surface area contributed by atoms with Crippen LogP contribution in [-0.4, -0.2) is 38.5 Å². The normalized spacial score (nSPS) is 17.1. The number of nitrogens with one attached hydrogen (secondary N) is 1. The van der Waals surface area contributed by atoms with Gasteiger partial charge in [-0.1, -0.05) is 0 Å². The summed E-state index contributed by atoms with van der Waals surface area (Å²) in [6, 6.07) is 2.16. The molecule has 0 saturated carbocycles. The van der Waals surface area contributed by atoms with Crippen LogP contribution in [0.15, 0.2) is 0 Å². The molecule has 0 heterocycles. The molecule has 4 heteroatoms. The number of hydrogen-bond donors (Lipinski definition) is 1. The highest BCUT2D eigenvalue weighted by Gasteiger charge is 2.22. The van der Waals surface area contributed by atoms with Crippen molar-refractivity contribution in [3.05, 3.63) is 0 Å². The summed E-state index contributed by atoms with van der Waals surface area (Å²) in [7, 11) is 1.75. The van der Waals surface area contributed by atoms with E-state index in [1.54, 1.807) is 14.0 Å². The summed E-state index contributed by atoms with van der Waals surface area (Å²) in [4.78, 5) is 0. The monoisotopic (exact) mass is 200 g/mol. The van der Waals surface area contributed by atoms with Gasteiger partial charge in [0.05, 0.1) is 25.4 Å². The lowest BCUT2D eigenvalue weighted by molar-refractivity contribution is -0.0169. The number of ether oxygens (including phenoxy) is 2. The highest BCUT2D eigenvalue weighted by atomic mass is 16.5. The van der Waals surface area contributed by atoms with E-state index in [1.165, 1.54) is 0 Å². The van der Waals surface area contributed by atoms with E-state index in [0.717, 1.165) is 0 Å². The van der Waals surface area contributed by atoms with Crippen LogP contribution < -0.4 is 5.32 Å². The second-order valence-electron chi connectivity index (χ2n) is 3.47. The Hall–Kier alpha value is -0.630. The third-order valence-corrected chi connectivity index (χ3v) is 2.01. The van der Waals surface area contributed by atoms with Gasteiger partial charge in [-0.3, -0.25) is 0 Å². The number of hydrogen-bond acceptors (Lipinski definition) is 4. The van der Waals surface area contributed by atoms with Crippen molar-refractivity contribution in [3.8, 4) is 6.07 Å². The van der Waals surface area contributed by atoms with E-state index < -0.39 is 5.54 Å². The minimum atomic E-state index is -0.611. The van der Waals surface area contributed by atoms with Crippen LogP contribution in [-0.2, 0) is 9.47 Å². The molecule has 0 rings (SSSR count). The first-order chi connectivity index (χ1) is 6.58. The van der Waals surface area contributed by atoms with E-state index in [2.05, 4.69) is 11.4 Å². The smallest absolute Gasteiger partial charge is 0.127 e. The Morgan fingerprint density at radius 2 is 2.21 bits per heavy atom. The van der Waals surface area contributed by atoms with Crippen molar-refractivity contribution >= 4 is 0 Å². The zero-order valence-corrected chi connectivity index (χ0v) is 9.46. The van der Waals surface area contributed by atoms with Crippen molar-refractivity contribution in [2.45, 2.75) is 32.4 Å². The molecule has 4 nitrogen and oxygen atoms in total. The van der Waals surface area contributed by atoms with E-state index in [4.69, 9.17) is 14.7 Å². The third kappa shape index (κ3) is 5.18. The quantitative estimate of drug-likeness (QED) is 0.664. The molecule has 0 amide bonds.